The molecule has 2 aromatic rings. The van der Waals surface area contributed by atoms with E-state index in [1.54, 1.807) is 6.07 Å². The van der Waals surface area contributed by atoms with Gasteiger partial charge in [-0.3, -0.25) is 9.59 Å². The second kappa shape index (κ2) is 6.49. The lowest BCUT2D eigenvalue weighted by molar-refractivity contribution is -0.121. The van der Waals surface area contributed by atoms with Gasteiger partial charge in [0.05, 0.1) is 18.4 Å². The largest absolute Gasteiger partial charge is 0.397 e. The van der Waals surface area contributed by atoms with Crippen molar-refractivity contribution in [2.24, 2.45) is 0 Å². The van der Waals surface area contributed by atoms with Crippen molar-refractivity contribution in [2.75, 3.05) is 25.4 Å². The Kier molecular flexibility index (Phi) is 4.69. The first kappa shape index (κ1) is 15.2. The van der Waals surface area contributed by atoms with E-state index in [0.717, 1.165) is 0 Å². The maximum Gasteiger partial charge on any atom is 0.266 e. The molecule has 8 heteroatoms. The van der Waals surface area contributed by atoms with Crippen LogP contribution in [0.25, 0.3) is 10.2 Å². The standard InChI is InChI=1S/C13H17N5O2S/c1-3-15-9(19)7-18(4-2)13(20)11-10(14)8-5-6-16-17-12(8)21-11/h5-6H,3-4,7,14H2,1-2H3,(H,15,19). The molecular weight excluding hydrogens is 290 g/mol. The molecule has 0 aromatic carbocycles. The number of nitrogens with zero attached hydrogens (tertiary/aromatic N) is 3. The van der Waals surface area contributed by atoms with E-state index in [2.05, 4.69) is 15.5 Å². The topological polar surface area (TPSA) is 101 Å². The molecule has 3 N–H and O–H groups in total. The molecule has 0 saturated heterocycles. The van der Waals surface area contributed by atoms with E-state index < -0.39 is 0 Å². The number of nitrogens with one attached hydrogen (secondary N) is 1. The molecule has 0 aliphatic heterocycles. The minimum atomic E-state index is -0.260. The van der Waals surface area contributed by atoms with Gasteiger partial charge in [0.15, 0.2) is 0 Å². The van der Waals surface area contributed by atoms with Gasteiger partial charge in [-0.05, 0) is 19.9 Å². The van der Waals surface area contributed by atoms with Crippen LogP contribution in [0.1, 0.15) is 23.5 Å². The van der Waals surface area contributed by atoms with E-state index in [0.29, 0.717) is 33.9 Å². The van der Waals surface area contributed by atoms with E-state index in [-0.39, 0.29) is 18.4 Å². The van der Waals surface area contributed by atoms with Crippen LogP contribution < -0.4 is 11.1 Å². The minimum absolute atomic E-state index is 0.0164. The van der Waals surface area contributed by atoms with Crippen LogP contribution >= 0.6 is 11.3 Å². The number of anilines is 1. The summed E-state index contributed by atoms with van der Waals surface area (Å²) in [6.07, 6.45) is 1.53. The lowest BCUT2D eigenvalue weighted by Crippen LogP contribution is -2.40. The van der Waals surface area contributed by atoms with Crippen molar-refractivity contribution < 1.29 is 9.59 Å². The number of amides is 2. The number of rotatable bonds is 5. The van der Waals surface area contributed by atoms with Crippen molar-refractivity contribution in [3.05, 3.63) is 17.1 Å². The maximum absolute atomic E-state index is 12.5. The average Bonchev–Trinajstić information content (AvgIpc) is 2.82. The summed E-state index contributed by atoms with van der Waals surface area (Å²) < 4.78 is 0. The summed E-state index contributed by atoms with van der Waals surface area (Å²) >= 11 is 1.19. The second-order valence-electron chi connectivity index (χ2n) is 4.37. The summed E-state index contributed by atoms with van der Waals surface area (Å²) in [4.78, 5) is 26.7. The highest BCUT2D eigenvalue weighted by atomic mass is 32.1. The number of thiophene rings is 1. The molecule has 21 heavy (non-hydrogen) atoms. The highest BCUT2D eigenvalue weighted by Crippen LogP contribution is 2.32. The zero-order chi connectivity index (χ0) is 15.4. The van der Waals surface area contributed by atoms with E-state index in [9.17, 15) is 9.59 Å². The van der Waals surface area contributed by atoms with Crippen LogP contribution in [0.15, 0.2) is 12.3 Å². The van der Waals surface area contributed by atoms with Gasteiger partial charge >= 0.3 is 0 Å². The van der Waals surface area contributed by atoms with Gasteiger partial charge in [0.25, 0.3) is 5.91 Å². The van der Waals surface area contributed by atoms with Crippen LogP contribution in [0.5, 0.6) is 0 Å². The van der Waals surface area contributed by atoms with Gasteiger partial charge < -0.3 is 16.0 Å². The number of hydrogen-bond donors (Lipinski definition) is 2. The third-order valence-electron chi connectivity index (χ3n) is 2.99. The summed E-state index contributed by atoms with van der Waals surface area (Å²) in [5.74, 6) is -0.448. The molecule has 2 heterocycles. The molecular formula is C13H17N5O2S. The van der Waals surface area contributed by atoms with Gasteiger partial charge in [-0.1, -0.05) is 0 Å². The molecule has 0 spiro atoms. The number of carbonyl (C=O) groups is 2. The van der Waals surface area contributed by atoms with Crippen LogP contribution in [0.4, 0.5) is 5.69 Å². The van der Waals surface area contributed by atoms with Crippen molar-refractivity contribution in [3.8, 4) is 0 Å². The van der Waals surface area contributed by atoms with E-state index in [1.807, 2.05) is 13.8 Å². The quantitative estimate of drug-likeness (QED) is 0.853. The van der Waals surface area contributed by atoms with Crippen LogP contribution in [-0.2, 0) is 4.79 Å². The van der Waals surface area contributed by atoms with Crippen LogP contribution in [0.3, 0.4) is 0 Å². The third-order valence-corrected chi connectivity index (χ3v) is 4.09. The van der Waals surface area contributed by atoms with Crippen LogP contribution in [-0.4, -0.2) is 46.5 Å². The molecule has 0 unspecified atom stereocenters. The maximum atomic E-state index is 12.5. The average molecular weight is 307 g/mol. The molecule has 0 fully saturated rings. The summed E-state index contributed by atoms with van der Waals surface area (Å²) in [6.45, 7) is 4.63. The normalized spacial score (nSPS) is 10.6. The Morgan fingerprint density at radius 1 is 1.43 bits per heavy atom. The zero-order valence-electron chi connectivity index (χ0n) is 11.9. The van der Waals surface area contributed by atoms with E-state index in [4.69, 9.17) is 5.73 Å². The predicted octanol–water partition coefficient (Wildman–Crippen LogP) is 0.872. The number of hydrogen-bond acceptors (Lipinski definition) is 6. The molecule has 0 bridgehead atoms. The number of aromatic nitrogens is 2. The molecule has 0 atom stereocenters. The van der Waals surface area contributed by atoms with Crippen LogP contribution in [0.2, 0.25) is 0 Å². The summed E-state index contributed by atoms with van der Waals surface area (Å²) in [5.41, 5.74) is 6.41. The van der Waals surface area contributed by atoms with Gasteiger partial charge in [-0.15, -0.1) is 16.4 Å². The Balaban J connectivity index is 2.27. The Labute approximate surface area is 126 Å². The van der Waals surface area contributed by atoms with Crippen molar-refractivity contribution in [3.63, 3.8) is 0 Å². The monoisotopic (exact) mass is 307 g/mol. The van der Waals surface area contributed by atoms with Gasteiger partial charge in [-0.2, -0.15) is 5.10 Å². The lowest BCUT2D eigenvalue weighted by Gasteiger charge is -2.19. The first-order valence-corrected chi connectivity index (χ1v) is 7.45. The fourth-order valence-electron chi connectivity index (χ4n) is 1.93. The smallest absolute Gasteiger partial charge is 0.266 e. The van der Waals surface area contributed by atoms with Crippen LogP contribution in [0, 0.1) is 0 Å². The molecule has 0 radical (unpaired) electrons. The Morgan fingerprint density at radius 2 is 2.19 bits per heavy atom. The SMILES string of the molecule is CCNC(=O)CN(CC)C(=O)c1sc2nnccc2c1N. The minimum Gasteiger partial charge on any atom is -0.397 e. The van der Waals surface area contributed by atoms with Gasteiger partial charge in [0.1, 0.15) is 9.71 Å². The zero-order valence-corrected chi connectivity index (χ0v) is 12.7. The Hall–Kier alpha value is -2.22. The Morgan fingerprint density at radius 3 is 2.81 bits per heavy atom. The van der Waals surface area contributed by atoms with E-state index >= 15 is 0 Å². The van der Waals surface area contributed by atoms with Gasteiger partial charge in [0, 0.05) is 18.5 Å². The van der Waals surface area contributed by atoms with Gasteiger partial charge in [0.2, 0.25) is 5.91 Å². The molecule has 0 saturated carbocycles. The predicted molar refractivity (Wildman–Crippen MR) is 82.1 cm³/mol. The number of nitrogens with two attached hydrogens (primary N) is 1. The molecule has 2 amide bonds. The third kappa shape index (κ3) is 3.10. The number of nitrogen functional groups attached to an aromatic ring is 1. The highest BCUT2D eigenvalue weighted by Gasteiger charge is 2.23. The summed E-state index contributed by atoms with van der Waals surface area (Å²) in [6, 6.07) is 1.73. The molecule has 2 aromatic heterocycles. The van der Waals surface area contributed by atoms with Crippen molar-refractivity contribution in [1.29, 1.82) is 0 Å². The highest BCUT2D eigenvalue weighted by molar-refractivity contribution is 7.21. The fourth-order valence-corrected chi connectivity index (χ4v) is 2.93. The van der Waals surface area contributed by atoms with Gasteiger partial charge in [-0.25, -0.2) is 0 Å². The van der Waals surface area contributed by atoms with Crippen molar-refractivity contribution in [2.45, 2.75) is 13.8 Å². The van der Waals surface area contributed by atoms with E-state index in [1.165, 1.54) is 22.4 Å². The Bertz CT molecular complexity index is 670. The first-order chi connectivity index (χ1) is 10.1. The number of fused-ring (bicyclic) bond motifs is 1. The van der Waals surface area contributed by atoms with Crippen molar-refractivity contribution in [1.82, 2.24) is 20.4 Å². The lowest BCUT2D eigenvalue weighted by atomic mass is 10.2. The molecule has 0 aliphatic rings. The van der Waals surface area contributed by atoms with Crippen molar-refractivity contribution >= 4 is 39.1 Å². The molecule has 0 aliphatic carbocycles. The summed E-state index contributed by atoms with van der Waals surface area (Å²) in [7, 11) is 0. The first-order valence-electron chi connectivity index (χ1n) is 6.64. The fraction of sp³-hybridized carbons (Fsp3) is 0.385. The second-order valence-corrected chi connectivity index (χ2v) is 5.37. The molecule has 2 rings (SSSR count). The number of likely N-dealkylation sites (N-methyl/N-ethyl adjacent to an activating group) is 2. The number of carbonyl (C=O) groups excluding carboxylic acids is 2. The molecule has 7 nitrogen and oxygen atoms in total. The summed E-state index contributed by atoms with van der Waals surface area (Å²) in [5, 5.41) is 11.1. The molecule has 112 valence electrons.